The summed E-state index contributed by atoms with van der Waals surface area (Å²) < 4.78 is 13.0. The Morgan fingerprint density at radius 3 is 2.35 bits per heavy atom. The minimum atomic E-state index is -0.972. The number of methoxy groups -OCH3 is 1. The van der Waals surface area contributed by atoms with Crippen molar-refractivity contribution in [3.05, 3.63) is 132 Å². The summed E-state index contributed by atoms with van der Waals surface area (Å²) in [6, 6.07) is 22.6. The first-order valence-corrected chi connectivity index (χ1v) is 13.4. The van der Waals surface area contributed by atoms with Crippen LogP contribution in [0.15, 0.2) is 99.9 Å². The molecule has 0 saturated heterocycles. The lowest BCUT2D eigenvalue weighted by Gasteiger charge is -2.25. The topological polar surface area (TPSA) is 107 Å². The number of rotatable bonds is 8. The first kappa shape index (κ1) is 26.8. The molecule has 1 aromatic heterocycles. The van der Waals surface area contributed by atoms with Crippen LogP contribution in [-0.4, -0.2) is 28.7 Å². The van der Waals surface area contributed by atoms with Gasteiger partial charge in [0, 0.05) is 0 Å². The van der Waals surface area contributed by atoms with Crippen LogP contribution in [0.4, 0.5) is 0 Å². The summed E-state index contributed by atoms with van der Waals surface area (Å²) in [5, 5.41) is 9.03. The van der Waals surface area contributed by atoms with Gasteiger partial charge in [0.15, 0.2) is 4.80 Å². The third kappa shape index (κ3) is 5.37. The summed E-state index contributed by atoms with van der Waals surface area (Å²) in [4.78, 5) is 42.8. The average molecular weight is 555 g/mol. The third-order valence-corrected chi connectivity index (χ3v) is 7.53. The number of carboxylic acids is 1. The van der Waals surface area contributed by atoms with Crippen molar-refractivity contribution in [3.63, 3.8) is 0 Å². The first-order chi connectivity index (χ1) is 19.4. The number of aromatic carboxylic acids is 1. The van der Waals surface area contributed by atoms with Gasteiger partial charge in [-0.25, -0.2) is 14.6 Å². The van der Waals surface area contributed by atoms with Crippen LogP contribution in [-0.2, 0) is 16.1 Å². The maximum absolute atomic E-state index is 13.7. The maximum atomic E-state index is 13.7. The van der Waals surface area contributed by atoms with Crippen molar-refractivity contribution in [3.8, 4) is 5.75 Å². The third-order valence-electron chi connectivity index (χ3n) is 6.55. The van der Waals surface area contributed by atoms with Gasteiger partial charge in [-0.15, -0.1) is 0 Å². The number of carboxylic acid groups (broad SMARTS) is 1. The van der Waals surface area contributed by atoms with E-state index in [0.29, 0.717) is 39.4 Å². The zero-order valence-electron chi connectivity index (χ0n) is 21.9. The number of esters is 1. The van der Waals surface area contributed by atoms with Gasteiger partial charge in [0.05, 0.1) is 34.5 Å². The predicted molar refractivity (Wildman–Crippen MR) is 151 cm³/mol. The second-order valence-electron chi connectivity index (χ2n) is 9.06. The largest absolute Gasteiger partial charge is 0.489 e. The van der Waals surface area contributed by atoms with Crippen LogP contribution in [0.1, 0.15) is 46.4 Å². The van der Waals surface area contributed by atoms with Crippen LogP contribution >= 0.6 is 11.3 Å². The minimum absolute atomic E-state index is 0.223. The molecule has 9 heteroatoms. The molecule has 0 bridgehead atoms. The highest BCUT2D eigenvalue weighted by atomic mass is 32.1. The standard InChI is InChI=1S/C31H26N2O6S/c1-3-24-26(30(37)38-2)27(21-7-5-4-6-8-21)33-28(34)25(40-31(33)32-24)17-19-11-15-23(16-12-19)39-18-20-9-13-22(14-10-20)29(35)36/h4-17,27H,3,18H2,1-2H3,(H,35,36)/b25-17-/t27-/m1/s1. The Morgan fingerprint density at radius 2 is 1.73 bits per heavy atom. The SMILES string of the molecule is CCC1=C(C(=O)OC)[C@@H](c2ccccc2)n2c(s/c(=C\c3ccc(OCc4ccc(C(=O)O)cc4)cc3)c2=O)=N1. The number of carbonyl (C=O) groups is 2. The molecule has 0 aliphatic carbocycles. The Balaban J connectivity index is 1.45. The van der Waals surface area contributed by atoms with E-state index >= 15 is 0 Å². The summed E-state index contributed by atoms with van der Waals surface area (Å²) in [6.45, 7) is 2.21. The second kappa shape index (κ2) is 11.5. The molecule has 1 atom stereocenters. The van der Waals surface area contributed by atoms with E-state index in [2.05, 4.69) is 4.99 Å². The lowest BCUT2D eigenvalue weighted by Crippen LogP contribution is -2.40. The van der Waals surface area contributed by atoms with Gasteiger partial charge in [0.1, 0.15) is 12.4 Å². The summed E-state index contributed by atoms with van der Waals surface area (Å²) in [5.74, 6) is -0.835. The fourth-order valence-electron chi connectivity index (χ4n) is 4.54. The van der Waals surface area contributed by atoms with Gasteiger partial charge < -0.3 is 14.6 Å². The monoisotopic (exact) mass is 554 g/mol. The Labute approximate surface area is 233 Å². The van der Waals surface area contributed by atoms with Crippen molar-refractivity contribution in [1.29, 1.82) is 0 Å². The van der Waals surface area contributed by atoms with E-state index in [4.69, 9.17) is 14.6 Å². The normalized spacial score (nSPS) is 14.8. The van der Waals surface area contributed by atoms with E-state index in [-0.39, 0.29) is 11.1 Å². The van der Waals surface area contributed by atoms with Gasteiger partial charge in [-0.05, 0) is 53.5 Å². The first-order valence-electron chi connectivity index (χ1n) is 12.6. The molecule has 8 nitrogen and oxygen atoms in total. The van der Waals surface area contributed by atoms with Crippen LogP contribution in [0, 0.1) is 0 Å². The molecule has 202 valence electrons. The number of fused-ring (bicyclic) bond motifs is 1. The molecule has 0 unspecified atom stereocenters. The number of carbonyl (C=O) groups excluding carboxylic acids is 1. The van der Waals surface area contributed by atoms with E-state index in [1.54, 1.807) is 34.9 Å². The molecule has 5 rings (SSSR count). The van der Waals surface area contributed by atoms with Crippen molar-refractivity contribution in [2.45, 2.75) is 26.0 Å². The second-order valence-corrected chi connectivity index (χ2v) is 10.1. The van der Waals surface area contributed by atoms with Gasteiger partial charge in [-0.1, -0.05) is 72.9 Å². The van der Waals surface area contributed by atoms with E-state index in [1.165, 1.54) is 18.4 Å². The highest BCUT2D eigenvalue weighted by Gasteiger charge is 2.33. The molecule has 0 radical (unpaired) electrons. The molecule has 1 aliphatic heterocycles. The Kier molecular flexibility index (Phi) is 7.75. The van der Waals surface area contributed by atoms with E-state index in [1.807, 2.05) is 61.5 Å². The summed E-state index contributed by atoms with van der Waals surface area (Å²) >= 11 is 1.28. The summed E-state index contributed by atoms with van der Waals surface area (Å²) in [7, 11) is 1.33. The van der Waals surface area contributed by atoms with Crippen LogP contribution in [0.2, 0.25) is 0 Å². The number of benzene rings is 3. The highest BCUT2D eigenvalue weighted by Crippen LogP contribution is 2.31. The Hall–Kier alpha value is -4.76. The van der Waals surface area contributed by atoms with Crippen LogP contribution in [0.5, 0.6) is 5.75 Å². The molecule has 0 fully saturated rings. The van der Waals surface area contributed by atoms with Crippen molar-refractivity contribution in [2.75, 3.05) is 7.11 Å². The number of nitrogens with zero attached hydrogens (tertiary/aromatic N) is 2. The maximum Gasteiger partial charge on any atom is 0.338 e. The number of allylic oxidation sites excluding steroid dienone is 1. The number of hydrogen-bond acceptors (Lipinski definition) is 7. The lowest BCUT2D eigenvalue weighted by atomic mass is 9.95. The molecule has 1 N–H and O–H groups in total. The Morgan fingerprint density at radius 1 is 1.02 bits per heavy atom. The van der Waals surface area contributed by atoms with Gasteiger partial charge in [-0.2, -0.15) is 0 Å². The van der Waals surface area contributed by atoms with E-state index < -0.39 is 18.0 Å². The molecule has 0 spiro atoms. The predicted octanol–water partition coefficient (Wildman–Crippen LogP) is 4.08. The number of ether oxygens (including phenoxy) is 2. The lowest BCUT2D eigenvalue weighted by molar-refractivity contribution is -0.136. The molecule has 1 aliphatic rings. The molecular formula is C31H26N2O6S. The van der Waals surface area contributed by atoms with E-state index in [9.17, 15) is 14.4 Å². The smallest absolute Gasteiger partial charge is 0.338 e. The molecule has 3 aromatic carbocycles. The van der Waals surface area contributed by atoms with Crippen molar-refractivity contribution >= 4 is 29.4 Å². The molecule has 4 aromatic rings. The average Bonchev–Trinajstić information content (AvgIpc) is 3.30. The highest BCUT2D eigenvalue weighted by molar-refractivity contribution is 7.07. The van der Waals surface area contributed by atoms with Crippen LogP contribution < -0.4 is 19.6 Å². The van der Waals surface area contributed by atoms with Crippen molar-refractivity contribution in [1.82, 2.24) is 4.57 Å². The van der Waals surface area contributed by atoms with Gasteiger partial charge in [0.2, 0.25) is 0 Å². The number of aromatic nitrogens is 1. The molecule has 0 amide bonds. The quantitative estimate of drug-likeness (QED) is 0.329. The zero-order valence-corrected chi connectivity index (χ0v) is 22.7. The molecule has 40 heavy (non-hydrogen) atoms. The van der Waals surface area contributed by atoms with Gasteiger partial charge in [-0.3, -0.25) is 9.36 Å². The molecule has 0 saturated carbocycles. The molecule has 2 heterocycles. The van der Waals surface area contributed by atoms with Crippen LogP contribution in [0.25, 0.3) is 6.08 Å². The fraction of sp³-hybridized carbons (Fsp3) is 0.161. The van der Waals surface area contributed by atoms with Gasteiger partial charge >= 0.3 is 11.9 Å². The van der Waals surface area contributed by atoms with Gasteiger partial charge in [0.25, 0.3) is 5.56 Å². The Bertz CT molecular complexity index is 1770. The van der Waals surface area contributed by atoms with Crippen molar-refractivity contribution < 1.29 is 24.2 Å². The zero-order chi connectivity index (χ0) is 28.2. The molecular weight excluding hydrogens is 528 g/mol. The van der Waals surface area contributed by atoms with Crippen molar-refractivity contribution in [2.24, 2.45) is 4.99 Å². The van der Waals surface area contributed by atoms with E-state index in [0.717, 1.165) is 16.7 Å². The number of hydrogen-bond donors (Lipinski definition) is 1. The minimum Gasteiger partial charge on any atom is -0.489 e. The summed E-state index contributed by atoms with van der Waals surface area (Å²) in [6.07, 6.45) is 2.32. The summed E-state index contributed by atoms with van der Waals surface area (Å²) in [5.41, 5.74) is 3.42. The fourth-order valence-corrected chi connectivity index (χ4v) is 5.56. The number of thiazole rings is 1. The van der Waals surface area contributed by atoms with Crippen LogP contribution in [0.3, 0.4) is 0 Å².